The van der Waals surface area contributed by atoms with Crippen molar-refractivity contribution in [2.24, 2.45) is 10.8 Å². The minimum atomic E-state index is -0.735. The molecule has 0 aliphatic carbocycles. The van der Waals surface area contributed by atoms with E-state index in [9.17, 15) is 14.7 Å². The van der Waals surface area contributed by atoms with Crippen LogP contribution in [0.25, 0.3) is 0 Å². The third-order valence-electron chi connectivity index (χ3n) is 5.68. The van der Waals surface area contributed by atoms with E-state index >= 15 is 0 Å². The van der Waals surface area contributed by atoms with Crippen LogP contribution in [0, 0.1) is 17.8 Å². The zero-order valence-corrected chi connectivity index (χ0v) is 20.0. The Morgan fingerprint density at radius 2 is 1.77 bits per heavy atom. The maximum absolute atomic E-state index is 12.8. The molecule has 0 aromatic heterocycles. The van der Waals surface area contributed by atoms with Gasteiger partial charge in [0.1, 0.15) is 12.4 Å². The number of amides is 1. The molecular weight excluding hydrogens is 396 g/mol. The standard InChI is InChI=1S/C24H40N2O5/c1-7-24(5,22(29)31-15-13-25-12-14-30-6)17-23(3,4)21(28)26-11-10-19-8-9-20(27)18(2)16-19/h8-9,16,25,27H,7,10-15,17H2,1-6H3,(H,26,28). The molecular formula is C24H40N2O5. The van der Waals surface area contributed by atoms with Crippen LogP contribution in [0.2, 0.25) is 0 Å². The van der Waals surface area contributed by atoms with Gasteiger partial charge in [-0.15, -0.1) is 0 Å². The lowest BCUT2D eigenvalue weighted by atomic mass is 9.72. The average Bonchev–Trinajstić information content (AvgIpc) is 2.72. The highest BCUT2D eigenvalue weighted by atomic mass is 16.5. The van der Waals surface area contributed by atoms with Gasteiger partial charge in [0.05, 0.1) is 12.0 Å². The van der Waals surface area contributed by atoms with Crippen molar-refractivity contribution in [3.63, 3.8) is 0 Å². The molecule has 1 aromatic rings. The lowest BCUT2D eigenvalue weighted by Crippen LogP contribution is -2.43. The number of aromatic hydroxyl groups is 1. The van der Waals surface area contributed by atoms with Gasteiger partial charge in [0.2, 0.25) is 5.91 Å². The number of phenols is 1. The molecule has 31 heavy (non-hydrogen) atoms. The number of carbonyl (C=O) groups excluding carboxylic acids is 2. The lowest BCUT2D eigenvalue weighted by molar-refractivity contribution is -0.157. The molecule has 7 heteroatoms. The lowest BCUT2D eigenvalue weighted by Gasteiger charge is -2.34. The summed E-state index contributed by atoms with van der Waals surface area (Å²) in [5.74, 6) is -0.0916. The van der Waals surface area contributed by atoms with Crippen LogP contribution in [0.3, 0.4) is 0 Å². The molecule has 0 heterocycles. The molecule has 176 valence electrons. The van der Waals surface area contributed by atoms with Gasteiger partial charge in [-0.25, -0.2) is 0 Å². The van der Waals surface area contributed by atoms with Crippen molar-refractivity contribution in [1.29, 1.82) is 0 Å². The van der Waals surface area contributed by atoms with Crippen molar-refractivity contribution in [3.05, 3.63) is 29.3 Å². The summed E-state index contributed by atoms with van der Waals surface area (Å²) in [5.41, 5.74) is 0.414. The number of esters is 1. The second kappa shape index (κ2) is 12.7. The van der Waals surface area contributed by atoms with Crippen LogP contribution >= 0.6 is 0 Å². The first-order valence-corrected chi connectivity index (χ1v) is 11.0. The smallest absolute Gasteiger partial charge is 0.311 e. The Kier molecular flexibility index (Phi) is 11.0. The molecule has 0 saturated carbocycles. The highest BCUT2D eigenvalue weighted by Gasteiger charge is 2.41. The maximum Gasteiger partial charge on any atom is 0.311 e. The van der Waals surface area contributed by atoms with E-state index in [4.69, 9.17) is 9.47 Å². The van der Waals surface area contributed by atoms with Gasteiger partial charge in [0, 0.05) is 32.2 Å². The molecule has 1 aromatic carbocycles. The van der Waals surface area contributed by atoms with Gasteiger partial charge in [-0.05, 0) is 50.3 Å². The first-order valence-electron chi connectivity index (χ1n) is 11.0. The fraction of sp³-hybridized carbons (Fsp3) is 0.667. The number of carbonyl (C=O) groups is 2. The van der Waals surface area contributed by atoms with E-state index in [1.165, 1.54) is 0 Å². The molecule has 0 fully saturated rings. The highest BCUT2D eigenvalue weighted by molar-refractivity contribution is 5.84. The van der Waals surface area contributed by atoms with Crippen molar-refractivity contribution in [2.75, 3.05) is 40.0 Å². The largest absolute Gasteiger partial charge is 0.508 e. The monoisotopic (exact) mass is 436 g/mol. The molecule has 0 radical (unpaired) electrons. The molecule has 1 amide bonds. The summed E-state index contributed by atoms with van der Waals surface area (Å²) in [5, 5.41) is 15.8. The second-order valence-electron chi connectivity index (χ2n) is 8.98. The molecule has 3 N–H and O–H groups in total. The minimum absolute atomic E-state index is 0.0864. The van der Waals surface area contributed by atoms with Crippen LogP contribution in [-0.2, 0) is 25.5 Å². The number of rotatable bonds is 14. The number of methoxy groups -OCH3 is 1. The van der Waals surface area contributed by atoms with Crippen molar-refractivity contribution in [2.45, 2.75) is 53.9 Å². The number of hydrogen-bond acceptors (Lipinski definition) is 6. The molecule has 1 atom stereocenters. The number of nitrogens with one attached hydrogen (secondary N) is 2. The topological polar surface area (TPSA) is 96.9 Å². The van der Waals surface area contributed by atoms with Crippen LogP contribution in [-0.4, -0.2) is 56.9 Å². The van der Waals surface area contributed by atoms with Crippen molar-refractivity contribution in [1.82, 2.24) is 10.6 Å². The summed E-state index contributed by atoms with van der Waals surface area (Å²) in [7, 11) is 1.64. The third kappa shape index (κ3) is 8.87. The summed E-state index contributed by atoms with van der Waals surface area (Å²) >= 11 is 0. The number of aryl methyl sites for hydroxylation is 1. The number of ether oxygens (including phenoxy) is 2. The van der Waals surface area contributed by atoms with E-state index in [1.54, 1.807) is 13.2 Å². The highest BCUT2D eigenvalue weighted by Crippen LogP contribution is 2.37. The predicted octanol–water partition coefficient (Wildman–Crippen LogP) is 2.97. The first kappa shape index (κ1) is 26.9. The van der Waals surface area contributed by atoms with Gasteiger partial charge in [-0.3, -0.25) is 9.59 Å². The fourth-order valence-electron chi connectivity index (χ4n) is 3.52. The summed E-state index contributed by atoms with van der Waals surface area (Å²) < 4.78 is 10.4. The number of phenolic OH excluding ortho intramolecular Hbond substituents is 1. The Bertz CT molecular complexity index is 720. The van der Waals surface area contributed by atoms with Gasteiger partial charge < -0.3 is 25.2 Å². The van der Waals surface area contributed by atoms with Crippen LogP contribution in [0.1, 0.15) is 51.7 Å². The normalized spacial score (nSPS) is 13.5. The zero-order valence-electron chi connectivity index (χ0n) is 20.0. The fourth-order valence-corrected chi connectivity index (χ4v) is 3.52. The van der Waals surface area contributed by atoms with Crippen molar-refractivity contribution < 1.29 is 24.2 Å². The average molecular weight is 437 g/mol. The number of hydrogen-bond donors (Lipinski definition) is 3. The Labute approximate surface area is 186 Å². The molecule has 0 bridgehead atoms. The molecule has 7 nitrogen and oxygen atoms in total. The van der Waals surface area contributed by atoms with Gasteiger partial charge >= 0.3 is 5.97 Å². The van der Waals surface area contributed by atoms with Gasteiger partial charge in [0.25, 0.3) is 0 Å². The molecule has 1 unspecified atom stereocenters. The van der Waals surface area contributed by atoms with Crippen LogP contribution < -0.4 is 10.6 Å². The Morgan fingerprint density at radius 3 is 2.39 bits per heavy atom. The van der Waals surface area contributed by atoms with E-state index < -0.39 is 10.8 Å². The quantitative estimate of drug-likeness (QED) is 0.306. The van der Waals surface area contributed by atoms with Gasteiger partial charge in [-0.2, -0.15) is 0 Å². The Morgan fingerprint density at radius 1 is 1.10 bits per heavy atom. The molecule has 0 aliphatic heterocycles. The predicted molar refractivity (Wildman–Crippen MR) is 122 cm³/mol. The van der Waals surface area contributed by atoms with Crippen LogP contribution in [0.5, 0.6) is 5.75 Å². The number of benzene rings is 1. The SMILES string of the molecule is CCC(C)(CC(C)(C)C(=O)NCCc1ccc(O)c(C)c1)C(=O)OCCNCCOC. The van der Waals surface area contributed by atoms with E-state index in [0.717, 1.165) is 11.1 Å². The third-order valence-corrected chi connectivity index (χ3v) is 5.68. The molecule has 0 spiro atoms. The minimum Gasteiger partial charge on any atom is -0.508 e. The summed E-state index contributed by atoms with van der Waals surface area (Å²) in [6, 6.07) is 5.44. The van der Waals surface area contributed by atoms with Crippen LogP contribution in [0.15, 0.2) is 18.2 Å². The molecule has 0 aliphatic rings. The maximum atomic E-state index is 12.8. The van der Waals surface area contributed by atoms with Gasteiger partial charge in [-0.1, -0.05) is 32.9 Å². The van der Waals surface area contributed by atoms with E-state index in [1.807, 2.05) is 46.8 Å². The Balaban J connectivity index is 2.55. The first-order chi connectivity index (χ1) is 14.6. The Hall–Kier alpha value is -2.12. The summed E-state index contributed by atoms with van der Waals surface area (Å²) in [6.45, 7) is 12.0. The van der Waals surface area contributed by atoms with E-state index in [-0.39, 0.29) is 24.2 Å². The molecule has 1 rings (SSSR count). The summed E-state index contributed by atoms with van der Waals surface area (Å²) in [4.78, 5) is 25.5. The van der Waals surface area contributed by atoms with Crippen molar-refractivity contribution >= 4 is 11.9 Å². The van der Waals surface area contributed by atoms with E-state index in [2.05, 4.69) is 10.6 Å². The van der Waals surface area contributed by atoms with Crippen LogP contribution in [0.4, 0.5) is 0 Å². The molecule has 0 saturated heterocycles. The van der Waals surface area contributed by atoms with E-state index in [0.29, 0.717) is 45.5 Å². The van der Waals surface area contributed by atoms with Crippen molar-refractivity contribution in [3.8, 4) is 5.75 Å². The second-order valence-corrected chi connectivity index (χ2v) is 8.98. The summed E-state index contributed by atoms with van der Waals surface area (Å²) in [6.07, 6.45) is 1.66. The van der Waals surface area contributed by atoms with Gasteiger partial charge in [0.15, 0.2) is 0 Å². The zero-order chi connectivity index (χ0) is 23.5.